The average Bonchev–Trinajstić information content (AvgIpc) is 3.51. The summed E-state index contributed by atoms with van der Waals surface area (Å²) in [6, 6.07) is 27.0. The van der Waals surface area contributed by atoms with Crippen LogP contribution in [0.25, 0.3) is 21.2 Å². The summed E-state index contributed by atoms with van der Waals surface area (Å²) in [5.74, 6) is -1.16. The molecule has 0 bridgehead atoms. The van der Waals surface area contributed by atoms with E-state index in [1.165, 1.54) is 18.3 Å². The van der Waals surface area contributed by atoms with Gasteiger partial charge in [-0.15, -0.1) is 11.3 Å². The molecule has 0 N–H and O–H groups in total. The second kappa shape index (κ2) is 10.9. The van der Waals surface area contributed by atoms with Gasteiger partial charge < -0.3 is 9.47 Å². The third-order valence-electron chi connectivity index (χ3n) is 6.49. The van der Waals surface area contributed by atoms with Crippen LogP contribution < -0.4 is 0 Å². The summed E-state index contributed by atoms with van der Waals surface area (Å²) >= 11 is 1.45. The summed E-state index contributed by atoms with van der Waals surface area (Å²) < 4.78 is 12.3. The van der Waals surface area contributed by atoms with Gasteiger partial charge in [0.25, 0.3) is 0 Å². The Balaban J connectivity index is 1.29. The highest BCUT2D eigenvalue weighted by atomic mass is 32.1. The predicted octanol–water partition coefficient (Wildman–Crippen LogP) is 6.87. The summed E-state index contributed by atoms with van der Waals surface area (Å²) in [5.41, 5.74) is 2.52. The summed E-state index contributed by atoms with van der Waals surface area (Å²) in [6.45, 7) is 1.36. The number of carbonyl (C=O) groups excluding carboxylic acids is 3. The number of allylic oxidation sites excluding steroid dienone is 1. The van der Waals surface area contributed by atoms with Gasteiger partial charge in [0, 0.05) is 24.0 Å². The number of hydrogen-bond donors (Lipinski definition) is 0. The number of esters is 2. The quantitative estimate of drug-likeness (QED) is 0.154. The molecule has 0 amide bonds. The lowest BCUT2D eigenvalue weighted by Gasteiger charge is -2.17. The number of thiophene rings is 1. The SMILES string of the molecule is CC(=O)O[C@@H]1CC(/C=C/C(=O)c2cc3ccccc3s2)[C@H](OC(=O)c2ccc(-c3ccccc3)cc2)C1. The zero-order valence-electron chi connectivity index (χ0n) is 20.3. The summed E-state index contributed by atoms with van der Waals surface area (Å²) in [7, 11) is 0. The summed E-state index contributed by atoms with van der Waals surface area (Å²) in [6.07, 6.45) is 3.33. The van der Waals surface area contributed by atoms with Crippen LogP contribution in [0, 0.1) is 5.92 Å². The van der Waals surface area contributed by atoms with Gasteiger partial charge in [-0.25, -0.2) is 4.79 Å². The first-order valence-electron chi connectivity index (χ1n) is 12.2. The van der Waals surface area contributed by atoms with Gasteiger partial charge in [-0.1, -0.05) is 66.7 Å². The van der Waals surface area contributed by atoms with Crippen LogP contribution in [0.5, 0.6) is 0 Å². The Labute approximate surface area is 219 Å². The van der Waals surface area contributed by atoms with Crippen LogP contribution in [-0.4, -0.2) is 29.9 Å². The lowest BCUT2D eigenvalue weighted by molar-refractivity contribution is -0.146. The van der Waals surface area contributed by atoms with E-state index >= 15 is 0 Å². The monoisotopic (exact) mass is 510 g/mol. The van der Waals surface area contributed by atoms with Crippen molar-refractivity contribution in [3.05, 3.63) is 108 Å². The van der Waals surface area contributed by atoms with Gasteiger partial charge in [0.2, 0.25) is 0 Å². The van der Waals surface area contributed by atoms with Crippen molar-refractivity contribution in [2.24, 2.45) is 5.92 Å². The van der Waals surface area contributed by atoms with Crippen LogP contribution in [-0.2, 0) is 14.3 Å². The first-order chi connectivity index (χ1) is 18.0. The molecule has 4 aromatic rings. The highest BCUT2D eigenvalue weighted by Gasteiger charge is 2.37. The Bertz CT molecular complexity index is 1420. The number of ether oxygens (including phenoxy) is 2. The van der Waals surface area contributed by atoms with Crippen LogP contribution in [0.15, 0.2) is 97.1 Å². The van der Waals surface area contributed by atoms with Gasteiger partial charge in [-0.2, -0.15) is 0 Å². The van der Waals surface area contributed by atoms with Crippen molar-refractivity contribution in [2.75, 3.05) is 0 Å². The fourth-order valence-electron chi connectivity index (χ4n) is 4.69. The first-order valence-corrected chi connectivity index (χ1v) is 13.0. The van der Waals surface area contributed by atoms with Crippen LogP contribution in [0.4, 0.5) is 0 Å². The standard InChI is InChI=1S/C31H26O5S/c1-20(32)35-26-17-24(15-16-27(33)30-18-25-9-5-6-10-29(25)37-30)28(19-26)36-31(34)23-13-11-22(12-14-23)21-7-3-2-4-8-21/h2-16,18,24,26,28H,17,19H2,1H3/b16-15+/t24?,26-,28-/m1/s1. The minimum atomic E-state index is -0.503. The van der Waals surface area contributed by atoms with Crippen molar-refractivity contribution in [3.63, 3.8) is 0 Å². The molecule has 0 saturated heterocycles. The molecular formula is C31H26O5S. The maximum Gasteiger partial charge on any atom is 0.338 e. The summed E-state index contributed by atoms with van der Waals surface area (Å²) in [5, 5.41) is 1.03. The molecule has 0 spiro atoms. The normalized spacial score (nSPS) is 19.2. The molecule has 5 nitrogen and oxygen atoms in total. The van der Waals surface area contributed by atoms with E-state index in [4.69, 9.17) is 9.47 Å². The molecule has 6 heteroatoms. The smallest absolute Gasteiger partial charge is 0.338 e. The van der Waals surface area contributed by atoms with Crippen molar-refractivity contribution in [3.8, 4) is 11.1 Å². The zero-order valence-corrected chi connectivity index (χ0v) is 21.1. The maximum absolute atomic E-state index is 13.0. The molecule has 1 saturated carbocycles. The number of benzene rings is 3. The van der Waals surface area contributed by atoms with E-state index in [2.05, 4.69) is 0 Å². The highest BCUT2D eigenvalue weighted by Crippen LogP contribution is 2.33. The van der Waals surface area contributed by atoms with E-state index in [1.54, 1.807) is 24.3 Å². The Morgan fingerprint density at radius 3 is 2.27 bits per heavy atom. The molecule has 1 unspecified atom stereocenters. The minimum absolute atomic E-state index is 0.0984. The second-order valence-electron chi connectivity index (χ2n) is 9.13. The lowest BCUT2D eigenvalue weighted by atomic mass is 10.0. The van der Waals surface area contributed by atoms with Crippen molar-refractivity contribution in [1.29, 1.82) is 0 Å². The molecule has 1 aliphatic carbocycles. The van der Waals surface area contributed by atoms with E-state index < -0.39 is 12.1 Å². The van der Waals surface area contributed by atoms with Crippen LogP contribution in [0.2, 0.25) is 0 Å². The fourth-order valence-corrected chi connectivity index (χ4v) is 5.67. The van der Waals surface area contributed by atoms with Crippen LogP contribution >= 0.6 is 11.3 Å². The number of carbonyl (C=O) groups is 3. The molecule has 3 aromatic carbocycles. The largest absolute Gasteiger partial charge is 0.462 e. The highest BCUT2D eigenvalue weighted by molar-refractivity contribution is 7.21. The molecule has 1 aromatic heterocycles. The molecule has 1 fully saturated rings. The predicted molar refractivity (Wildman–Crippen MR) is 145 cm³/mol. The van der Waals surface area contributed by atoms with Gasteiger partial charge in [-0.3, -0.25) is 9.59 Å². The lowest BCUT2D eigenvalue weighted by Crippen LogP contribution is -2.22. The Morgan fingerprint density at radius 1 is 0.838 bits per heavy atom. The molecule has 186 valence electrons. The molecular weight excluding hydrogens is 484 g/mol. The zero-order chi connectivity index (χ0) is 25.8. The third-order valence-corrected chi connectivity index (χ3v) is 7.62. The van der Waals surface area contributed by atoms with Gasteiger partial charge in [0.05, 0.1) is 10.4 Å². The second-order valence-corrected chi connectivity index (χ2v) is 10.2. The van der Waals surface area contributed by atoms with Crippen molar-refractivity contribution in [2.45, 2.75) is 32.0 Å². The third kappa shape index (κ3) is 5.87. The average molecular weight is 511 g/mol. The number of rotatable bonds is 7. The van der Waals surface area contributed by atoms with Crippen LogP contribution in [0.1, 0.15) is 39.8 Å². The molecule has 3 atom stereocenters. The van der Waals surface area contributed by atoms with E-state index in [1.807, 2.05) is 72.8 Å². The topological polar surface area (TPSA) is 69.7 Å². The first kappa shape index (κ1) is 24.7. The van der Waals surface area contributed by atoms with Gasteiger partial charge in [-0.05, 0) is 53.3 Å². The van der Waals surface area contributed by atoms with Crippen molar-refractivity contribution < 1.29 is 23.9 Å². The van der Waals surface area contributed by atoms with E-state index in [9.17, 15) is 14.4 Å². The minimum Gasteiger partial charge on any atom is -0.462 e. The molecule has 1 aliphatic rings. The number of fused-ring (bicyclic) bond motifs is 1. The van der Waals surface area contributed by atoms with Crippen LogP contribution in [0.3, 0.4) is 0 Å². The number of ketones is 1. The van der Waals surface area contributed by atoms with Gasteiger partial charge >= 0.3 is 11.9 Å². The summed E-state index contributed by atoms with van der Waals surface area (Å²) in [4.78, 5) is 38.0. The van der Waals surface area contributed by atoms with E-state index in [0.717, 1.165) is 21.2 Å². The molecule has 5 rings (SSSR count). The molecule has 0 aliphatic heterocycles. The van der Waals surface area contributed by atoms with Gasteiger partial charge in [0.15, 0.2) is 5.78 Å². The van der Waals surface area contributed by atoms with E-state index in [0.29, 0.717) is 23.3 Å². The van der Waals surface area contributed by atoms with Crippen molar-refractivity contribution in [1.82, 2.24) is 0 Å². The Hall–Kier alpha value is -4.03. The Morgan fingerprint density at radius 2 is 1.54 bits per heavy atom. The Kier molecular flexibility index (Phi) is 7.28. The molecule has 37 heavy (non-hydrogen) atoms. The van der Waals surface area contributed by atoms with Crippen molar-refractivity contribution >= 4 is 39.1 Å². The van der Waals surface area contributed by atoms with E-state index in [-0.39, 0.29) is 23.8 Å². The maximum atomic E-state index is 13.0. The van der Waals surface area contributed by atoms with Gasteiger partial charge in [0.1, 0.15) is 12.2 Å². The molecule has 0 radical (unpaired) electrons. The fraction of sp³-hybridized carbons (Fsp3) is 0.194. The molecule has 1 heterocycles. The number of hydrogen-bond acceptors (Lipinski definition) is 6.